The molecule has 1 saturated heterocycles. The number of anilines is 1. The van der Waals surface area contributed by atoms with Crippen molar-refractivity contribution in [2.75, 3.05) is 25.1 Å². The van der Waals surface area contributed by atoms with Crippen LogP contribution < -0.4 is 5.32 Å². The van der Waals surface area contributed by atoms with Crippen LogP contribution in [-0.2, 0) is 9.47 Å². The number of fused-ring (bicyclic) bond motifs is 1. The minimum Gasteiger partial charge on any atom is -0.462 e. The number of amides is 2. The van der Waals surface area contributed by atoms with Crippen molar-refractivity contribution in [3.63, 3.8) is 0 Å². The van der Waals surface area contributed by atoms with E-state index in [0.717, 1.165) is 37.1 Å². The van der Waals surface area contributed by atoms with Crippen molar-refractivity contribution < 1.29 is 23.9 Å². The maximum Gasteiger partial charge on any atom is 0.348 e. The first-order valence-corrected chi connectivity index (χ1v) is 10.8. The van der Waals surface area contributed by atoms with E-state index in [2.05, 4.69) is 5.32 Å². The van der Waals surface area contributed by atoms with Crippen LogP contribution in [0.2, 0.25) is 0 Å². The lowest BCUT2D eigenvalue weighted by Crippen LogP contribution is -2.48. The quantitative estimate of drug-likeness (QED) is 0.738. The number of carbonyl (C=O) groups is 3. The van der Waals surface area contributed by atoms with Crippen LogP contribution in [0.25, 0.3) is 0 Å². The molecule has 0 radical (unpaired) electrons. The molecule has 8 heteroatoms. The van der Waals surface area contributed by atoms with E-state index in [9.17, 15) is 14.4 Å². The Balaban J connectivity index is 1.87. The monoisotopic (exact) mass is 408 g/mol. The molecule has 2 aliphatic rings. The van der Waals surface area contributed by atoms with E-state index in [0.29, 0.717) is 21.4 Å². The highest BCUT2D eigenvalue weighted by molar-refractivity contribution is 7.18. The molecule has 1 aromatic rings. The predicted octanol–water partition coefficient (Wildman–Crippen LogP) is 4.21. The van der Waals surface area contributed by atoms with Gasteiger partial charge in [0.2, 0.25) is 0 Å². The van der Waals surface area contributed by atoms with Crippen LogP contribution in [0.5, 0.6) is 0 Å². The highest BCUT2D eigenvalue weighted by atomic mass is 32.1. The Morgan fingerprint density at radius 2 is 1.75 bits per heavy atom. The number of rotatable bonds is 5. The van der Waals surface area contributed by atoms with E-state index >= 15 is 0 Å². The third kappa shape index (κ3) is 4.01. The van der Waals surface area contributed by atoms with Gasteiger partial charge in [0.15, 0.2) is 0 Å². The van der Waals surface area contributed by atoms with Crippen LogP contribution in [-0.4, -0.2) is 48.7 Å². The van der Waals surface area contributed by atoms with E-state index in [1.54, 1.807) is 20.8 Å². The average molecular weight is 409 g/mol. The lowest BCUT2D eigenvalue weighted by atomic mass is 9.92. The number of likely N-dealkylation sites (tertiary alicyclic amines) is 1. The van der Waals surface area contributed by atoms with Gasteiger partial charge in [-0.05, 0) is 57.9 Å². The molecule has 2 heterocycles. The molecular formula is C20H28N2O5S. The summed E-state index contributed by atoms with van der Waals surface area (Å²) in [5.41, 5.74) is 0.720. The molecule has 1 N–H and O–H groups in total. The summed E-state index contributed by atoms with van der Waals surface area (Å²) in [5, 5.41) is 3.24. The topological polar surface area (TPSA) is 84.9 Å². The smallest absolute Gasteiger partial charge is 0.348 e. The summed E-state index contributed by atoms with van der Waals surface area (Å²) in [7, 11) is 0. The van der Waals surface area contributed by atoms with Gasteiger partial charge in [0, 0.05) is 12.6 Å². The van der Waals surface area contributed by atoms with Gasteiger partial charge in [0.1, 0.15) is 9.88 Å². The summed E-state index contributed by atoms with van der Waals surface area (Å²) in [5.74, 6) is -0.464. The van der Waals surface area contributed by atoms with Gasteiger partial charge in [0.25, 0.3) is 0 Å². The van der Waals surface area contributed by atoms with Crippen LogP contribution in [0.15, 0.2) is 0 Å². The van der Waals surface area contributed by atoms with Crippen molar-refractivity contribution in [2.24, 2.45) is 5.92 Å². The molecule has 0 aromatic carbocycles. The van der Waals surface area contributed by atoms with Gasteiger partial charge < -0.3 is 14.4 Å². The molecule has 2 amide bonds. The Morgan fingerprint density at radius 3 is 2.46 bits per heavy atom. The first-order valence-electron chi connectivity index (χ1n) is 10.0. The van der Waals surface area contributed by atoms with Gasteiger partial charge in [-0.2, -0.15) is 0 Å². The lowest BCUT2D eigenvalue weighted by molar-refractivity contribution is 0.0527. The number of hydrogen-bond donors (Lipinski definition) is 1. The molecule has 1 saturated carbocycles. The zero-order chi connectivity index (χ0) is 20.3. The van der Waals surface area contributed by atoms with Crippen molar-refractivity contribution in [3.05, 3.63) is 16.0 Å². The second kappa shape index (κ2) is 8.94. The number of piperidine rings is 1. The molecule has 154 valence electrons. The number of nitrogens with one attached hydrogen (secondary N) is 1. The summed E-state index contributed by atoms with van der Waals surface area (Å²) >= 11 is 1.07. The third-order valence-corrected chi connectivity index (χ3v) is 6.75. The lowest BCUT2D eigenvalue weighted by Gasteiger charge is -2.37. The first-order chi connectivity index (χ1) is 13.5. The highest BCUT2D eigenvalue weighted by Gasteiger charge is 2.38. The number of nitrogens with zero attached hydrogens (tertiary/aromatic N) is 1. The molecule has 2 fully saturated rings. The molecule has 1 aliphatic carbocycles. The van der Waals surface area contributed by atoms with E-state index in [1.807, 2.05) is 4.90 Å². The Bertz CT molecular complexity index is 760. The van der Waals surface area contributed by atoms with Crippen molar-refractivity contribution >= 4 is 34.3 Å². The normalized spacial score (nSPS) is 21.2. The van der Waals surface area contributed by atoms with E-state index in [4.69, 9.17) is 9.47 Å². The molecular weight excluding hydrogens is 380 g/mol. The van der Waals surface area contributed by atoms with Crippen molar-refractivity contribution in [1.82, 2.24) is 4.90 Å². The molecule has 28 heavy (non-hydrogen) atoms. The number of urea groups is 1. The minimum atomic E-state index is -0.542. The first kappa shape index (κ1) is 20.6. The zero-order valence-electron chi connectivity index (χ0n) is 16.7. The maximum atomic E-state index is 13.0. The standard InChI is InChI=1S/C20H28N2O5S/c1-4-26-18(23)15-12(3)16(19(24)27-5-2)28-17(15)21-20(25)22-11-7-9-13-8-6-10-14(13)22/h13-14H,4-11H2,1-3H3,(H,21,25)/t13-,14-/m1/s1. The van der Waals surface area contributed by atoms with Crippen LogP contribution in [0.4, 0.5) is 9.80 Å². The number of thiophene rings is 1. The third-order valence-electron chi connectivity index (χ3n) is 5.56. The van der Waals surface area contributed by atoms with Crippen molar-refractivity contribution in [3.8, 4) is 0 Å². The fourth-order valence-electron chi connectivity index (χ4n) is 4.32. The highest BCUT2D eigenvalue weighted by Crippen LogP contribution is 2.38. The van der Waals surface area contributed by atoms with Crippen LogP contribution >= 0.6 is 11.3 Å². The van der Waals surface area contributed by atoms with E-state index < -0.39 is 11.9 Å². The Morgan fingerprint density at radius 1 is 1.07 bits per heavy atom. The van der Waals surface area contributed by atoms with E-state index in [1.165, 1.54) is 12.8 Å². The van der Waals surface area contributed by atoms with Crippen molar-refractivity contribution in [2.45, 2.75) is 58.9 Å². The maximum absolute atomic E-state index is 13.0. The van der Waals surface area contributed by atoms with Crippen molar-refractivity contribution in [1.29, 1.82) is 0 Å². The average Bonchev–Trinajstić information content (AvgIpc) is 3.26. The Hall–Kier alpha value is -2.09. The van der Waals surface area contributed by atoms with Gasteiger partial charge in [0.05, 0.1) is 18.8 Å². The van der Waals surface area contributed by atoms with Crippen LogP contribution in [0.1, 0.15) is 71.5 Å². The SMILES string of the molecule is CCOC(=O)c1sc(NC(=O)N2CCC[C@H]3CCC[C@H]32)c(C(=O)OCC)c1C. The summed E-state index contributed by atoms with van der Waals surface area (Å²) in [4.78, 5) is 40.0. The van der Waals surface area contributed by atoms with Gasteiger partial charge in [-0.1, -0.05) is 6.42 Å². The molecule has 2 atom stereocenters. The molecule has 3 rings (SSSR count). The molecule has 0 spiro atoms. The summed E-state index contributed by atoms with van der Waals surface area (Å²) in [6, 6.07) is 0.0594. The van der Waals surface area contributed by atoms with Gasteiger partial charge in [-0.3, -0.25) is 5.32 Å². The summed E-state index contributed by atoms with van der Waals surface area (Å²) in [6.45, 7) is 6.30. The second-order valence-electron chi connectivity index (χ2n) is 7.23. The summed E-state index contributed by atoms with van der Waals surface area (Å²) in [6.07, 6.45) is 5.52. The van der Waals surface area contributed by atoms with Gasteiger partial charge in [-0.25, -0.2) is 14.4 Å². The Labute approximate surface area is 169 Å². The Kier molecular flexibility index (Phi) is 6.59. The number of hydrogen-bond acceptors (Lipinski definition) is 6. The largest absolute Gasteiger partial charge is 0.462 e. The molecule has 7 nitrogen and oxygen atoms in total. The second-order valence-corrected chi connectivity index (χ2v) is 8.25. The van der Waals surface area contributed by atoms with Gasteiger partial charge >= 0.3 is 18.0 Å². The number of carbonyl (C=O) groups excluding carboxylic acids is 3. The minimum absolute atomic E-state index is 0.209. The molecule has 0 unspecified atom stereocenters. The fraction of sp³-hybridized carbons (Fsp3) is 0.650. The number of esters is 2. The van der Waals surface area contributed by atoms with Crippen LogP contribution in [0, 0.1) is 12.8 Å². The molecule has 1 aliphatic heterocycles. The number of ether oxygens (including phenoxy) is 2. The fourth-order valence-corrected chi connectivity index (χ4v) is 5.40. The molecule has 1 aromatic heterocycles. The zero-order valence-corrected chi connectivity index (χ0v) is 17.5. The van der Waals surface area contributed by atoms with E-state index in [-0.39, 0.29) is 30.9 Å². The van der Waals surface area contributed by atoms with Gasteiger partial charge in [-0.15, -0.1) is 11.3 Å². The molecule has 0 bridgehead atoms. The van der Waals surface area contributed by atoms with Crippen LogP contribution in [0.3, 0.4) is 0 Å². The predicted molar refractivity (Wildman–Crippen MR) is 107 cm³/mol. The summed E-state index contributed by atoms with van der Waals surface area (Å²) < 4.78 is 10.2.